The Morgan fingerprint density at radius 1 is 0.500 bits per heavy atom. The molecular weight excluding hydrogens is 589 g/mol. The summed E-state index contributed by atoms with van der Waals surface area (Å²) in [7, 11) is -3.82. The molecule has 2 aliphatic rings. The largest absolute Gasteiger partial charge is 0.454 e. The molecule has 1 aromatic heterocycles. The van der Waals surface area contributed by atoms with Gasteiger partial charge in [-0.2, -0.15) is 0 Å². The first-order valence-electron chi connectivity index (χ1n) is 15.2. The van der Waals surface area contributed by atoms with Crippen LogP contribution >= 0.6 is 0 Å². The van der Waals surface area contributed by atoms with Crippen LogP contribution < -0.4 is 9.64 Å². The number of fused-ring (bicyclic) bond motifs is 7. The molecule has 6 heteroatoms. The molecule has 0 spiro atoms. The number of nitrogens with zero attached hydrogens (tertiary/aromatic N) is 2. The van der Waals surface area contributed by atoms with Crippen molar-refractivity contribution >= 4 is 59.5 Å². The summed E-state index contributed by atoms with van der Waals surface area (Å²) in [5.74, 6) is 0.628. The van der Waals surface area contributed by atoms with E-state index in [4.69, 9.17) is 4.74 Å². The van der Waals surface area contributed by atoms with E-state index in [0.29, 0.717) is 11.5 Å². The van der Waals surface area contributed by atoms with Gasteiger partial charge in [0.1, 0.15) is 21.3 Å². The molecule has 0 fully saturated rings. The summed E-state index contributed by atoms with van der Waals surface area (Å²) in [6, 6.07) is 48.3. The predicted octanol–water partition coefficient (Wildman–Crippen LogP) is 10.3. The summed E-state index contributed by atoms with van der Waals surface area (Å²) in [4.78, 5) is 2.53. The molecule has 0 N–H and O–H groups in total. The van der Waals surface area contributed by atoms with Crippen molar-refractivity contribution in [3.63, 3.8) is 0 Å². The molecular formula is C40H24N2O3S. The minimum absolute atomic E-state index is 0.164. The lowest BCUT2D eigenvalue weighted by Crippen LogP contribution is -2.16. The van der Waals surface area contributed by atoms with Gasteiger partial charge in [-0.05, 0) is 59.5 Å². The fraction of sp³-hybridized carbons (Fsp3) is 0. The minimum Gasteiger partial charge on any atom is -0.454 e. The average molecular weight is 613 g/mol. The number of anilines is 3. The molecule has 0 aliphatic carbocycles. The molecule has 0 atom stereocenters. The van der Waals surface area contributed by atoms with E-state index in [9.17, 15) is 8.42 Å². The van der Waals surface area contributed by atoms with Crippen LogP contribution in [0.3, 0.4) is 0 Å². The van der Waals surface area contributed by atoms with Gasteiger partial charge in [0.05, 0.1) is 22.4 Å². The maximum Gasteiger partial charge on any atom is 0.213 e. The topological polar surface area (TPSA) is 51.5 Å². The van der Waals surface area contributed by atoms with Crippen molar-refractivity contribution in [3.8, 4) is 28.3 Å². The Kier molecular flexibility index (Phi) is 5.04. The van der Waals surface area contributed by atoms with Gasteiger partial charge in [-0.15, -0.1) is 0 Å². The first-order chi connectivity index (χ1) is 22.6. The Labute approximate surface area is 265 Å². The summed E-state index contributed by atoms with van der Waals surface area (Å²) in [5, 5.41) is 4.59. The third-order valence-corrected chi connectivity index (χ3v) is 11.1. The maximum atomic E-state index is 14.0. The first-order valence-corrected chi connectivity index (χ1v) is 16.7. The lowest BCUT2D eigenvalue weighted by atomic mass is 9.91. The molecule has 7 aromatic carbocycles. The lowest BCUT2D eigenvalue weighted by Gasteiger charge is -2.34. The zero-order chi connectivity index (χ0) is 30.6. The minimum atomic E-state index is -3.82. The fourth-order valence-corrected chi connectivity index (χ4v) is 8.81. The van der Waals surface area contributed by atoms with Crippen molar-refractivity contribution < 1.29 is 13.2 Å². The number of aromatic nitrogens is 1. The van der Waals surface area contributed by atoms with E-state index in [1.165, 1.54) is 5.56 Å². The molecule has 8 aromatic rings. The molecule has 218 valence electrons. The highest BCUT2D eigenvalue weighted by atomic mass is 32.2. The zero-order valence-electron chi connectivity index (χ0n) is 24.4. The van der Waals surface area contributed by atoms with Crippen LogP contribution in [0, 0.1) is 0 Å². The molecule has 10 rings (SSSR count). The quantitative estimate of drug-likeness (QED) is 0.195. The van der Waals surface area contributed by atoms with Crippen LogP contribution in [-0.4, -0.2) is 13.0 Å². The third-order valence-electron chi connectivity index (χ3n) is 9.31. The number of ether oxygens (including phenoxy) is 1. The lowest BCUT2D eigenvalue weighted by molar-refractivity contribution is 0.443. The highest BCUT2D eigenvalue weighted by Crippen LogP contribution is 2.52. The number of benzene rings is 7. The van der Waals surface area contributed by atoms with Crippen LogP contribution in [0.2, 0.25) is 0 Å². The molecule has 0 radical (unpaired) electrons. The maximum absolute atomic E-state index is 14.0. The predicted molar refractivity (Wildman–Crippen MR) is 184 cm³/mol. The molecule has 0 bridgehead atoms. The van der Waals surface area contributed by atoms with Gasteiger partial charge >= 0.3 is 0 Å². The van der Waals surface area contributed by atoms with Crippen molar-refractivity contribution in [2.75, 3.05) is 4.90 Å². The number of sulfone groups is 1. The van der Waals surface area contributed by atoms with Gasteiger partial charge in [-0.25, -0.2) is 8.42 Å². The molecule has 0 amide bonds. The van der Waals surface area contributed by atoms with Crippen LogP contribution in [0.25, 0.3) is 49.4 Å². The number of hydrogen-bond acceptors (Lipinski definition) is 4. The summed E-state index contributed by atoms with van der Waals surface area (Å²) in [6.45, 7) is 0. The van der Waals surface area contributed by atoms with Gasteiger partial charge < -0.3 is 14.2 Å². The molecule has 2 aliphatic heterocycles. The normalized spacial score (nSPS) is 14.1. The van der Waals surface area contributed by atoms with Crippen LogP contribution in [0.1, 0.15) is 0 Å². The average Bonchev–Trinajstić information content (AvgIpc) is 3.43. The summed E-state index contributed by atoms with van der Waals surface area (Å²) in [5.41, 5.74) is 8.12. The van der Waals surface area contributed by atoms with Gasteiger partial charge in [0, 0.05) is 45.2 Å². The van der Waals surface area contributed by atoms with E-state index in [0.717, 1.165) is 60.9 Å². The number of para-hydroxylation sites is 3. The Hall–Kier alpha value is -5.85. The molecule has 46 heavy (non-hydrogen) atoms. The summed E-state index contributed by atoms with van der Waals surface area (Å²) >= 11 is 0. The van der Waals surface area contributed by atoms with Crippen molar-refractivity contribution in [2.45, 2.75) is 9.79 Å². The third kappa shape index (κ3) is 3.36. The SMILES string of the molecule is O=S1(=O)c2ccc(N3c4ccccc4-c4cccc5cccc3c45)cc2Oc2cc(-n3c4ccccc4c4ccccc43)ccc21. The first kappa shape index (κ1) is 25.5. The van der Waals surface area contributed by atoms with Gasteiger partial charge in [-0.3, -0.25) is 0 Å². The van der Waals surface area contributed by atoms with Gasteiger partial charge in [-0.1, -0.05) is 84.9 Å². The van der Waals surface area contributed by atoms with Crippen molar-refractivity contribution in [1.29, 1.82) is 0 Å². The molecule has 0 unspecified atom stereocenters. The second-order valence-corrected chi connectivity index (χ2v) is 13.7. The van der Waals surface area contributed by atoms with Crippen molar-refractivity contribution in [1.82, 2.24) is 4.57 Å². The van der Waals surface area contributed by atoms with E-state index in [-0.39, 0.29) is 9.79 Å². The smallest absolute Gasteiger partial charge is 0.213 e. The van der Waals surface area contributed by atoms with Gasteiger partial charge in [0.15, 0.2) is 0 Å². The molecule has 0 saturated carbocycles. The second kappa shape index (κ2) is 9.10. The van der Waals surface area contributed by atoms with E-state index < -0.39 is 9.84 Å². The monoisotopic (exact) mass is 612 g/mol. The van der Waals surface area contributed by atoms with Crippen LogP contribution in [0.4, 0.5) is 17.1 Å². The van der Waals surface area contributed by atoms with Gasteiger partial charge in [0.25, 0.3) is 0 Å². The highest BCUT2D eigenvalue weighted by Gasteiger charge is 2.34. The summed E-state index contributed by atoms with van der Waals surface area (Å²) in [6.07, 6.45) is 0. The zero-order valence-corrected chi connectivity index (χ0v) is 25.2. The fourth-order valence-electron chi connectivity index (χ4n) is 7.35. The molecule has 5 nitrogen and oxygen atoms in total. The summed E-state index contributed by atoms with van der Waals surface area (Å²) < 4.78 is 36.7. The van der Waals surface area contributed by atoms with Crippen LogP contribution in [-0.2, 0) is 9.84 Å². The second-order valence-electron chi connectivity index (χ2n) is 11.8. The Morgan fingerprint density at radius 3 is 1.80 bits per heavy atom. The van der Waals surface area contributed by atoms with Gasteiger partial charge in [0.2, 0.25) is 9.84 Å². The van der Waals surface area contributed by atoms with Crippen molar-refractivity contribution in [3.05, 3.63) is 146 Å². The standard InChI is InChI=1S/C40H24N2O3S/c43-46(44)38-21-19-26(41-32-15-4-1-11-28(32)29-12-2-5-16-33(29)41)23-36(38)45-37-24-27(20-22-39(37)46)42-34-17-6-3-13-30(34)31-14-7-9-25-10-8-18-35(42)40(25)31/h1-24H. The van der Waals surface area contributed by atoms with E-state index >= 15 is 0 Å². The Morgan fingerprint density at radius 2 is 1.07 bits per heavy atom. The molecule has 0 saturated heterocycles. The van der Waals surface area contributed by atoms with Crippen molar-refractivity contribution in [2.24, 2.45) is 0 Å². The highest BCUT2D eigenvalue weighted by molar-refractivity contribution is 7.91. The van der Waals surface area contributed by atoms with E-state index in [1.54, 1.807) is 12.1 Å². The van der Waals surface area contributed by atoms with E-state index in [2.05, 4.69) is 88.3 Å². The Bertz CT molecular complexity index is 2650. The van der Waals surface area contributed by atoms with Crippen LogP contribution in [0.15, 0.2) is 155 Å². The number of rotatable bonds is 2. The van der Waals surface area contributed by atoms with E-state index in [1.807, 2.05) is 54.6 Å². The Balaban J connectivity index is 1.15. The molecule has 3 heterocycles. The number of hydrogen-bond donors (Lipinski definition) is 0. The van der Waals surface area contributed by atoms with Crippen LogP contribution in [0.5, 0.6) is 11.5 Å².